The van der Waals surface area contributed by atoms with Gasteiger partial charge in [0.25, 0.3) is 0 Å². The largest absolute Gasteiger partial charge is 0.357 e. The van der Waals surface area contributed by atoms with Crippen LogP contribution in [0.15, 0.2) is 29.3 Å². The standard InChI is InChI=1S/C19H31N5O/c1-4-20-19(22-12-11-21-18(25)17-9-10-17)23-13-15-5-7-16(8-6-15)14-24(2)3/h5-8,17H,4,9-14H2,1-3H3,(H,21,25)(H2,20,22,23). The lowest BCUT2D eigenvalue weighted by atomic mass is 10.1. The van der Waals surface area contributed by atoms with Gasteiger partial charge in [-0.1, -0.05) is 24.3 Å². The highest BCUT2D eigenvalue weighted by Gasteiger charge is 2.28. The zero-order valence-electron chi connectivity index (χ0n) is 15.6. The summed E-state index contributed by atoms with van der Waals surface area (Å²) in [7, 11) is 4.14. The molecule has 1 aromatic carbocycles. The number of hydrogen-bond acceptors (Lipinski definition) is 3. The Balaban J connectivity index is 1.76. The molecule has 25 heavy (non-hydrogen) atoms. The van der Waals surface area contributed by atoms with E-state index in [2.05, 4.69) is 64.2 Å². The third-order valence-electron chi connectivity index (χ3n) is 3.95. The lowest BCUT2D eigenvalue weighted by molar-refractivity contribution is -0.122. The van der Waals surface area contributed by atoms with Gasteiger partial charge in [0.15, 0.2) is 5.96 Å². The van der Waals surface area contributed by atoms with Crippen LogP contribution in [0.5, 0.6) is 0 Å². The average Bonchev–Trinajstić information content (AvgIpc) is 3.42. The number of rotatable bonds is 9. The average molecular weight is 345 g/mol. The number of nitrogens with zero attached hydrogens (tertiary/aromatic N) is 2. The molecule has 1 aromatic rings. The topological polar surface area (TPSA) is 68.8 Å². The van der Waals surface area contributed by atoms with Crippen LogP contribution in [0.1, 0.15) is 30.9 Å². The van der Waals surface area contributed by atoms with Crippen LogP contribution in [0.25, 0.3) is 0 Å². The van der Waals surface area contributed by atoms with Crippen molar-refractivity contribution in [3.8, 4) is 0 Å². The second-order valence-electron chi connectivity index (χ2n) is 6.74. The Morgan fingerprint density at radius 2 is 1.72 bits per heavy atom. The predicted octanol–water partition coefficient (Wildman–Crippen LogP) is 1.33. The molecule has 2 rings (SSSR count). The molecule has 1 fully saturated rings. The van der Waals surface area contributed by atoms with Crippen molar-refractivity contribution in [1.82, 2.24) is 20.9 Å². The number of carbonyl (C=O) groups excluding carboxylic acids is 1. The van der Waals surface area contributed by atoms with Crippen LogP contribution in [0.2, 0.25) is 0 Å². The zero-order valence-corrected chi connectivity index (χ0v) is 15.6. The van der Waals surface area contributed by atoms with Gasteiger partial charge in [0, 0.05) is 32.1 Å². The molecule has 0 radical (unpaired) electrons. The number of benzene rings is 1. The number of aliphatic imine (C=N–C) groups is 1. The molecule has 3 N–H and O–H groups in total. The van der Waals surface area contributed by atoms with Crippen LogP contribution in [-0.2, 0) is 17.9 Å². The predicted molar refractivity (Wildman–Crippen MR) is 102 cm³/mol. The normalized spacial score (nSPS) is 14.5. The molecule has 1 aliphatic rings. The highest BCUT2D eigenvalue weighted by molar-refractivity contribution is 5.81. The van der Waals surface area contributed by atoms with Gasteiger partial charge in [-0.2, -0.15) is 0 Å². The van der Waals surface area contributed by atoms with Crippen molar-refractivity contribution in [2.45, 2.75) is 32.9 Å². The number of amides is 1. The first-order valence-corrected chi connectivity index (χ1v) is 9.11. The maximum atomic E-state index is 11.6. The van der Waals surface area contributed by atoms with Gasteiger partial charge in [-0.15, -0.1) is 0 Å². The van der Waals surface area contributed by atoms with Gasteiger partial charge in [-0.05, 0) is 45.0 Å². The highest BCUT2D eigenvalue weighted by atomic mass is 16.2. The quantitative estimate of drug-likeness (QED) is 0.359. The molecule has 6 heteroatoms. The Bertz CT molecular complexity index is 564. The van der Waals surface area contributed by atoms with E-state index in [0.29, 0.717) is 19.6 Å². The summed E-state index contributed by atoms with van der Waals surface area (Å²) < 4.78 is 0. The first-order valence-electron chi connectivity index (χ1n) is 9.11. The highest BCUT2D eigenvalue weighted by Crippen LogP contribution is 2.28. The maximum absolute atomic E-state index is 11.6. The van der Waals surface area contributed by atoms with E-state index in [9.17, 15) is 4.79 Å². The summed E-state index contributed by atoms with van der Waals surface area (Å²) in [4.78, 5) is 18.4. The first-order chi connectivity index (χ1) is 12.1. The van der Waals surface area contributed by atoms with Gasteiger partial charge in [0.1, 0.15) is 0 Å². The Morgan fingerprint density at radius 1 is 1.08 bits per heavy atom. The fraction of sp³-hybridized carbons (Fsp3) is 0.579. The van der Waals surface area contributed by atoms with Gasteiger partial charge in [0.2, 0.25) is 5.91 Å². The summed E-state index contributed by atoms with van der Waals surface area (Å²) in [5.41, 5.74) is 2.48. The van der Waals surface area contributed by atoms with Gasteiger partial charge >= 0.3 is 0 Å². The third kappa shape index (κ3) is 7.56. The second-order valence-corrected chi connectivity index (χ2v) is 6.74. The van der Waals surface area contributed by atoms with Gasteiger partial charge in [-0.3, -0.25) is 4.79 Å². The Morgan fingerprint density at radius 3 is 2.32 bits per heavy atom. The number of hydrogen-bond donors (Lipinski definition) is 3. The molecule has 0 bridgehead atoms. The van der Waals surface area contributed by atoms with Crippen molar-refractivity contribution < 1.29 is 4.79 Å². The zero-order chi connectivity index (χ0) is 18.1. The minimum atomic E-state index is 0.182. The lowest BCUT2D eigenvalue weighted by Crippen LogP contribution is -2.41. The van der Waals surface area contributed by atoms with E-state index in [1.807, 2.05) is 6.92 Å². The molecule has 0 saturated heterocycles. The third-order valence-corrected chi connectivity index (χ3v) is 3.95. The number of nitrogens with one attached hydrogen (secondary N) is 3. The van der Waals surface area contributed by atoms with Crippen molar-refractivity contribution in [2.24, 2.45) is 10.9 Å². The summed E-state index contributed by atoms with van der Waals surface area (Å²) in [5.74, 6) is 1.22. The van der Waals surface area contributed by atoms with Gasteiger partial charge < -0.3 is 20.9 Å². The summed E-state index contributed by atoms with van der Waals surface area (Å²) in [5, 5.41) is 9.44. The molecule has 1 saturated carbocycles. The van der Waals surface area contributed by atoms with Crippen molar-refractivity contribution in [3.05, 3.63) is 35.4 Å². The van der Waals surface area contributed by atoms with E-state index < -0.39 is 0 Å². The number of guanidine groups is 1. The van der Waals surface area contributed by atoms with Crippen LogP contribution in [0.3, 0.4) is 0 Å². The van der Waals surface area contributed by atoms with Crippen LogP contribution in [0, 0.1) is 5.92 Å². The molecule has 1 aliphatic carbocycles. The molecule has 1 amide bonds. The summed E-state index contributed by atoms with van der Waals surface area (Å²) in [6.07, 6.45) is 2.08. The van der Waals surface area contributed by atoms with E-state index >= 15 is 0 Å². The molecule has 138 valence electrons. The minimum absolute atomic E-state index is 0.182. The lowest BCUT2D eigenvalue weighted by Gasteiger charge is -2.12. The summed E-state index contributed by atoms with van der Waals surface area (Å²) in [6.45, 7) is 5.72. The van der Waals surface area contributed by atoms with E-state index in [1.165, 1.54) is 11.1 Å². The monoisotopic (exact) mass is 345 g/mol. The number of carbonyl (C=O) groups is 1. The van der Waals surface area contributed by atoms with Crippen molar-refractivity contribution >= 4 is 11.9 Å². The molecule has 0 aliphatic heterocycles. The fourth-order valence-corrected chi connectivity index (χ4v) is 2.48. The van der Waals surface area contributed by atoms with Crippen molar-refractivity contribution in [3.63, 3.8) is 0 Å². The van der Waals surface area contributed by atoms with Crippen LogP contribution in [-0.4, -0.2) is 50.5 Å². The van der Waals surface area contributed by atoms with Gasteiger partial charge in [-0.25, -0.2) is 4.99 Å². The van der Waals surface area contributed by atoms with Crippen LogP contribution in [0.4, 0.5) is 0 Å². The Kier molecular flexibility index (Phi) is 7.73. The molecule has 0 unspecified atom stereocenters. The fourth-order valence-electron chi connectivity index (χ4n) is 2.48. The van der Waals surface area contributed by atoms with Crippen LogP contribution >= 0.6 is 0 Å². The Labute approximate surface area is 151 Å². The molecule has 0 atom stereocenters. The smallest absolute Gasteiger partial charge is 0.223 e. The van der Waals surface area contributed by atoms with E-state index in [1.54, 1.807) is 0 Å². The maximum Gasteiger partial charge on any atom is 0.223 e. The van der Waals surface area contributed by atoms with Crippen molar-refractivity contribution in [2.75, 3.05) is 33.7 Å². The SMILES string of the molecule is CCNC(=NCc1ccc(CN(C)C)cc1)NCCNC(=O)C1CC1. The minimum Gasteiger partial charge on any atom is -0.357 e. The molecular formula is C19H31N5O. The second kappa shape index (κ2) is 10.0. The van der Waals surface area contributed by atoms with Crippen LogP contribution < -0.4 is 16.0 Å². The van der Waals surface area contributed by atoms with Crippen molar-refractivity contribution in [1.29, 1.82) is 0 Å². The van der Waals surface area contributed by atoms with E-state index in [-0.39, 0.29) is 11.8 Å². The van der Waals surface area contributed by atoms with E-state index in [0.717, 1.165) is 31.9 Å². The molecular weight excluding hydrogens is 314 g/mol. The first kappa shape index (κ1) is 19.2. The Hall–Kier alpha value is -2.08. The van der Waals surface area contributed by atoms with Gasteiger partial charge in [0.05, 0.1) is 6.54 Å². The molecule has 6 nitrogen and oxygen atoms in total. The molecule has 0 heterocycles. The summed E-state index contributed by atoms with van der Waals surface area (Å²) >= 11 is 0. The molecule has 0 aromatic heterocycles. The molecule has 0 spiro atoms. The van der Waals surface area contributed by atoms with E-state index in [4.69, 9.17) is 0 Å². The summed E-state index contributed by atoms with van der Waals surface area (Å²) in [6, 6.07) is 8.56.